The van der Waals surface area contributed by atoms with Gasteiger partial charge in [-0.2, -0.15) is 0 Å². The molecular formula is C34H46BrN3O7. The Hall–Kier alpha value is -3.02. The summed E-state index contributed by atoms with van der Waals surface area (Å²) >= 11 is 3.69. The number of carbonyl (C=O) groups excluding carboxylic acids is 4. The molecule has 1 spiro atoms. The first-order chi connectivity index (χ1) is 21.5. The summed E-state index contributed by atoms with van der Waals surface area (Å²) in [4.78, 5) is 57.9. The van der Waals surface area contributed by atoms with E-state index in [4.69, 9.17) is 9.47 Å². The van der Waals surface area contributed by atoms with Gasteiger partial charge in [-0.15, -0.1) is 13.2 Å². The number of ether oxygens (including phenoxy) is 2. The number of nitrogens with zero attached hydrogens (tertiary/aromatic N) is 2. The second kappa shape index (κ2) is 15.0. The van der Waals surface area contributed by atoms with Gasteiger partial charge in [0.2, 0.25) is 17.7 Å². The highest BCUT2D eigenvalue weighted by Gasteiger charge is 2.77. The third-order valence-corrected chi connectivity index (χ3v) is 10.3. The summed E-state index contributed by atoms with van der Waals surface area (Å²) in [5.74, 6) is -3.55. The van der Waals surface area contributed by atoms with E-state index in [1.165, 1.54) is 4.90 Å². The Labute approximate surface area is 274 Å². The van der Waals surface area contributed by atoms with E-state index in [-0.39, 0.29) is 54.6 Å². The lowest BCUT2D eigenvalue weighted by Crippen LogP contribution is -2.59. The van der Waals surface area contributed by atoms with E-state index in [1.54, 1.807) is 24.0 Å². The molecular weight excluding hydrogens is 642 g/mol. The van der Waals surface area contributed by atoms with Crippen molar-refractivity contribution in [2.45, 2.75) is 87.7 Å². The molecule has 1 aromatic carbocycles. The lowest BCUT2D eigenvalue weighted by atomic mass is 9.70. The number of rotatable bonds is 16. The van der Waals surface area contributed by atoms with Gasteiger partial charge >= 0.3 is 5.97 Å². The Morgan fingerprint density at radius 1 is 1.24 bits per heavy atom. The topological polar surface area (TPSA) is 125 Å². The molecule has 0 radical (unpaired) electrons. The van der Waals surface area contributed by atoms with Gasteiger partial charge in [-0.1, -0.05) is 78.7 Å². The van der Waals surface area contributed by atoms with E-state index in [0.717, 1.165) is 5.56 Å². The number of amides is 3. The van der Waals surface area contributed by atoms with Crippen molar-refractivity contribution < 1.29 is 33.8 Å². The Balaban J connectivity index is 1.68. The predicted octanol–water partition coefficient (Wildman–Crippen LogP) is 3.37. The molecule has 10 nitrogen and oxygen atoms in total. The van der Waals surface area contributed by atoms with Crippen LogP contribution in [0.3, 0.4) is 0 Å². The van der Waals surface area contributed by atoms with Gasteiger partial charge in [0.05, 0.1) is 37.1 Å². The van der Waals surface area contributed by atoms with Gasteiger partial charge in [0.15, 0.2) is 0 Å². The first kappa shape index (κ1) is 34.8. The third-order valence-electron chi connectivity index (χ3n) is 9.44. The number of hydrogen-bond donors (Lipinski definition) is 2. The number of aliphatic hydroxyl groups is 1. The van der Waals surface area contributed by atoms with Crippen LogP contribution in [-0.2, 0) is 35.2 Å². The molecule has 11 heteroatoms. The van der Waals surface area contributed by atoms with Crippen molar-refractivity contribution in [3.63, 3.8) is 0 Å². The number of alkyl halides is 1. The quantitative estimate of drug-likeness (QED) is 0.155. The number of carbonyl (C=O) groups is 4. The molecule has 1 unspecified atom stereocenters. The van der Waals surface area contributed by atoms with E-state index in [1.807, 2.05) is 44.2 Å². The van der Waals surface area contributed by atoms with Crippen LogP contribution in [0.2, 0.25) is 0 Å². The monoisotopic (exact) mass is 687 g/mol. The number of fused-ring (bicyclic) bond motifs is 1. The number of halogens is 1. The molecule has 0 aromatic heterocycles. The smallest absolute Gasteiger partial charge is 0.312 e. The maximum Gasteiger partial charge on any atom is 0.312 e. The zero-order chi connectivity index (χ0) is 32.9. The summed E-state index contributed by atoms with van der Waals surface area (Å²) in [7, 11) is 0. The summed E-state index contributed by atoms with van der Waals surface area (Å²) in [5, 5.41) is 13.4. The van der Waals surface area contributed by atoms with E-state index in [9.17, 15) is 24.3 Å². The summed E-state index contributed by atoms with van der Waals surface area (Å²) < 4.78 is 12.4. The van der Waals surface area contributed by atoms with E-state index < -0.39 is 47.7 Å². The van der Waals surface area contributed by atoms with Crippen LogP contribution in [0.25, 0.3) is 0 Å². The molecule has 4 rings (SSSR count). The van der Waals surface area contributed by atoms with Crippen molar-refractivity contribution in [1.29, 1.82) is 0 Å². The Morgan fingerprint density at radius 2 is 1.96 bits per heavy atom. The number of esters is 1. The van der Waals surface area contributed by atoms with Crippen molar-refractivity contribution in [2.24, 2.45) is 17.8 Å². The van der Waals surface area contributed by atoms with Gasteiger partial charge in [-0.3, -0.25) is 19.2 Å². The maximum absolute atomic E-state index is 14.7. The molecule has 3 heterocycles. The molecule has 45 heavy (non-hydrogen) atoms. The molecule has 0 aliphatic carbocycles. The van der Waals surface area contributed by atoms with Crippen molar-refractivity contribution in [3.05, 3.63) is 61.2 Å². The molecule has 3 fully saturated rings. The van der Waals surface area contributed by atoms with Gasteiger partial charge in [0.25, 0.3) is 0 Å². The summed E-state index contributed by atoms with van der Waals surface area (Å²) in [5.41, 5.74) is -0.379. The molecule has 1 aromatic rings. The molecule has 3 aliphatic heterocycles. The lowest BCUT2D eigenvalue weighted by Gasteiger charge is -2.41. The fourth-order valence-electron chi connectivity index (χ4n) is 7.05. The van der Waals surface area contributed by atoms with Crippen LogP contribution < -0.4 is 5.32 Å². The van der Waals surface area contributed by atoms with Crippen LogP contribution in [0.4, 0.5) is 0 Å². The zero-order valence-corrected chi connectivity index (χ0v) is 28.0. The number of nitrogens with one attached hydrogen (secondary N) is 1. The molecule has 2 N–H and O–H groups in total. The molecule has 3 saturated heterocycles. The fraction of sp³-hybridized carbons (Fsp3) is 0.588. The van der Waals surface area contributed by atoms with Crippen LogP contribution in [0.15, 0.2) is 55.6 Å². The molecule has 246 valence electrons. The second-order valence-electron chi connectivity index (χ2n) is 12.4. The highest BCUT2D eigenvalue weighted by Crippen LogP contribution is 2.61. The first-order valence-electron chi connectivity index (χ1n) is 15.8. The van der Waals surface area contributed by atoms with E-state index in [2.05, 4.69) is 34.4 Å². The Morgan fingerprint density at radius 3 is 2.58 bits per heavy atom. The van der Waals surface area contributed by atoms with Crippen LogP contribution in [-0.4, -0.2) is 93.0 Å². The zero-order valence-electron chi connectivity index (χ0n) is 26.4. The van der Waals surface area contributed by atoms with Gasteiger partial charge in [-0.05, 0) is 31.2 Å². The number of hydrogen-bond acceptors (Lipinski definition) is 7. The van der Waals surface area contributed by atoms with Crippen molar-refractivity contribution >= 4 is 39.6 Å². The van der Waals surface area contributed by atoms with Crippen molar-refractivity contribution in [2.75, 3.05) is 19.7 Å². The Bertz CT molecular complexity index is 1260. The minimum atomic E-state index is -1.30. The van der Waals surface area contributed by atoms with E-state index in [0.29, 0.717) is 25.8 Å². The van der Waals surface area contributed by atoms with Crippen LogP contribution >= 0.6 is 15.9 Å². The van der Waals surface area contributed by atoms with Crippen LogP contribution in [0.5, 0.6) is 0 Å². The normalized spacial score (nSPS) is 28.6. The van der Waals surface area contributed by atoms with Crippen molar-refractivity contribution in [1.82, 2.24) is 15.1 Å². The molecule has 3 aliphatic rings. The number of allylic oxidation sites excluding steroid dienone is 1. The minimum absolute atomic E-state index is 0.116. The molecule has 0 saturated carbocycles. The lowest BCUT2D eigenvalue weighted by molar-refractivity contribution is -0.160. The molecule has 9 atom stereocenters. The number of aliphatic hydroxyl groups excluding tert-OH is 1. The largest absolute Gasteiger partial charge is 0.460 e. The van der Waals surface area contributed by atoms with Gasteiger partial charge in [-0.25, -0.2) is 0 Å². The van der Waals surface area contributed by atoms with Gasteiger partial charge < -0.3 is 29.7 Å². The predicted molar refractivity (Wildman–Crippen MR) is 173 cm³/mol. The third kappa shape index (κ3) is 6.90. The minimum Gasteiger partial charge on any atom is -0.460 e. The highest BCUT2D eigenvalue weighted by atomic mass is 79.9. The summed E-state index contributed by atoms with van der Waals surface area (Å²) in [6.45, 7) is 13.4. The van der Waals surface area contributed by atoms with Crippen molar-refractivity contribution in [3.8, 4) is 0 Å². The highest BCUT2D eigenvalue weighted by molar-refractivity contribution is 9.09. The molecule has 2 bridgehead atoms. The second-order valence-corrected chi connectivity index (χ2v) is 13.6. The standard InChI is InChI=1S/C34H46BrN3O7/c1-6-9-15-26(40)36-18-22(5)44-33(43)27-28-31(41)38(25(20-39)21(4)8-3)30(34(28)17-24(35)29(27)45-34)32(42)37(16-7-2)19-23-13-11-10-12-14-23/h6-7,10-14,21-22,24-25,27-30,39H,1-2,8-9,15-20H2,3-5H3,(H,36,40)/t21-,22+,24?,25-,27+,28-,29+,30+,34-/m0/s1. The van der Waals surface area contributed by atoms with Crippen LogP contribution in [0, 0.1) is 17.8 Å². The van der Waals surface area contributed by atoms with Gasteiger partial charge in [0, 0.05) is 24.3 Å². The maximum atomic E-state index is 14.7. The average molecular weight is 689 g/mol. The fourth-order valence-corrected chi connectivity index (χ4v) is 7.99. The number of likely N-dealkylation sites (tertiary alicyclic amines) is 1. The SMILES string of the molecule is C=CCCC(=O)NC[C@@H](C)OC(=O)[C@H]1[C@@H]2O[C@@]3(CC2Br)[C@@H]1C(=O)N([C@@H](CO)[C@@H](C)CC)[C@@H]3C(=O)N(CC=C)Cc1ccccc1. The Kier molecular flexibility index (Phi) is 11.7. The number of benzene rings is 1. The molecule has 3 amide bonds. The average Bonchev–Trinajstić information content (AvgIpc) is 3.62. The summed E-state index contributed by atoms with van der Waals surface area (Å²) in [6, 6.07) is 7.85. The van der Waals surface area contributed by atoms with E-state index >= 15 is 0 Å². The first-order valence-corrected chi connectivity index (χ1v) is 16.7. The van der Waals surface area contributed by atoms with Crippen LogP contribution in [0.1, 0.15) is 52.0 Å². The van der Waals surface area contributed by atoms with Gasteiger partial charge in [0.1, 0.15) is 17.7 Å². The summed E-state index contributed by atoms with van der Waals surface area (Å²) in [6.07, 6.45) is 3.80.